The van der Waals surface area contributed by atoms with E-state index in [0.29, 0.717) is 6.42 Å². The van der Waals surface area contributed by atoms with E-state index in [1.54, 1.807) is 0 Å². The highest BCUT2D eigenvalue weighted by Crippen LogP contribution is 2.16. The molecule has 0 bridgehead atoms. The number of Topliss-reactive ketones (excluding diaryl/α,β-unsaturated/α-hetero) is 1. The Morgan fingerprint density at radius 1 is 1.11 bits per heavy atom. The largest absolute Gasteiger partial charge is 0.371 e. The van der Waals surface area contributed by atoms with Crippen LogP contribution in [0.15, 0.2) is 42.5 Å². The lowest BCUT2D eigenvalue weighted by Gasteiger charge is -2.07. The van der Waals surface area contributed by atoms with Gasteiger partial charge >= 0.3 is 0 Å². The fraction of sp³-hybridized carbons (Fsp3) is 0.312. The summed E-state index contributed by atoms with van der Waals surface area (Å²) in [5.74, 6) is 0.124. The summed E-state index contributed by atoms with van der Waals surface area (Å²) >= 11 is 0. The van der Waals surface area contributed by atoms with Gasteiger partial charge in [0.2, 0.25) is 0 Å². The van der Waals surface area contributed by atoms with Gasteiger partial charge in [-0.15, -0.1) is 0 Å². The van der Waals surface area contributed by atoms with Crippen LogP contribution in [0.4, 0.5) is 0 Å². The van der Waals surface area contributed by atoms with Crippen LogP contribution in [0.5, 0.6) is 0 Å². The molecule has 0 saturated heterocycles. The molecule has 0 unspecified atom stereocenters. The fourth-order valence-electron chi connectivity index (χ4n) is 1.89. The molecule has 0 aliphatic heterocycles. The van der Waals surface area contributed by atoms with Crippen molar-refractivity contribution in [2.75, 3.05) is 6.61 Å². The van der Waals surface area contributed by atoms with Crippen molar-refractivity contribution < 1.29 is 9.53 Å². The van der Waals surface area contributed by atoms with Gasteiger partial charge in [-0.2, -0.15) is 0 Å². The number of carbonyl (C=O) groups excluding carboxylic acids is 1. The number of fused-ring (bicyclic) bond motifs is 1. The molecule has 0 amide bonds. The highest BCUT2D eigenvalue weighted by atomic mass is 16.5. The molecule has 2 heteroatoms. The van der Waals surface area contributed by atoms with Crippen molar-refractivity contribution in [2.24, 2.45) is 0 Å². The first-order valence-corrected chi connectivity index (χ1v) is 6.26. The van der Waals surface area contributed by atoms with Crippen LogP contribution < -0.4 is 0 Å². The summed E-state index contributed by atoms with van der Waals surface area (Å²) in [5, 5.41) is 2.37. The lowest BCUT2D eigenvalue weighted by atomic mass is 10.0. The van der Waals surface area contributed by atoms with Gasteiger partial charge in [0, 0.05) is 6.42 Å². The SMILES string of the molecule is CC(C)OCC(=O)Cc1ccc2ccccc2c1. The van der Waals surface area contributed by atoms with Crippen LogP contribution in [0, 0.1) is 0 Å². The molecule has 2 rings (SSSR count). The van der Waals surface area contributed by atoms with Gasteiger partial charge in [0.15, 0.2) is 5.78 Å². The van der Waals surface area contributed by atoms with Crippen LogP contribution in [0.1, 0.15) is 19.4 Å². The van der Waals surface area contributed by atoms with Crippen molar-refractivity contribution in [3.05, 3.63) is 48.0 Å². The lowest BCUT2D eigenvalue weighted by molar-refractivity contribution is -0.124. The smallest absolute Gasteiger partial charge is 0.162 e. The van der Waals surface area contributed by atoms with Crippen molar-refractivity contribution >= 4 is 16.6 Å². The molecule has 0 spiro atoms. The van der Waals surface area contributed by atoms with E-state index >= 15 is 0 Å². The molecule has 0 saturated carbocycles. The Hall–Kier alpha value is -1.67. The number of hydrogen-bond acceptors (Lipinski definition) is 2. The third kappa shape index (κ3) is 3.41. The zero-order valence-electron chi connectivity index (χ0n) is 10.8. The Bertz CT molecular complexity index is 544. The maximum Gasteiger partial charge on any atom is 0.162 e. The van der Waals surface area contributed by atoms with E-state index in [4.69, 9.17) is 4.74 Å². The van der Waals surface area contributed by atoms with Crippen molar-refractivity contribution in [3.63, 3.8) is 0 Å². The summed E-state index contributed by atoms with van der Waals surface area (Å²) in [4.78, 5) is 11.7. The summed E-state index contributed by atoms with van der Waals surface area (Å²) in [6.45, 7) is 4.07. The molecule has 0 aliphatic carbocycles. The van der Waals surface area contributed by atoms with Crippen LogP contribution in [-0.2, 0) is 16.0 Å². The number of ketones is 1. The van der Waals surface area contributed by atoms with E-state index in [0.717, 1.165) is 5.56 Å². The zero-order chi connectivity index (χ0) is 13.0. The standard InChI is InChI=1S/C16H18O2/c1-12(2)18-11-16(17)10-13-7-8-14-5-3-4-6-15(14)9-13/h3-9,12H,10-11H2,1-2H3. The van der Waals surface area contributed by atoms with Crippen molar-refractivity contribution in [3.8, 4) is 0 Å². The minimum absolute atomic E-state index is 0.102. The first-order chi connectivity index (χ1) is 8.65. The van der Waals surface area contributed by atoms with E-state index < -0.39 is 0 Å². The highest BCUT2D eigenvalue weighted by molar-refractivity contribution is 5.86. The van der Waals surface area contributed by atoms with Gasteiger partial charge in [-0.3, -0.25) is 4.79 Å². The molecule has 0 fully saturated rings. The van der Waals surface area contributed by atoms with E-state index in [2.05, 4.69) is 24.3 Å². The summed E-state index contributed by atoms with van der Waals surface area (Å²) in [5.41, 5.74) is 1.05. The molecule has 0 N–H and O–H groups in total. The Kier molecular flexibility index (Phi) is 4.11. The number of benzene rings is 2. The van der Waals surface area contributed by atoms with Gasteiger partial charge in [-0.1, -0.05) is 42.5 Å². The van der Waals surface area contributed by atoms with Crippen LogP contribution in [0.3, 0.4) is 0 Å². The van der Waals surface area contributed by atoms with E-state index in [-0.39, 0.29) is 18.5 Å². The molecule has 0 aliphatic rings. The Morgan fingerprint density at radius 2 is 1.83 bits per heavy atom. The molecule has 0 aromatic heterocycles. The Morgan fingerprint density at radius 3 is 2.56 bits per heavy atom. The van der Waals surface area contributed by atoms with Crippen molar-refractivity contribution in [1.29, 1.82) is 0 Å². The topological polar surface area (TPSA) is 26.3 Å². The molecule has 0 heterocycles. The second-order valence-corrected chi connectivity index (χ2v) is 4.76. The summed E-state index contributed by atoms with van der Waals surface area (Å²) in [6.07, 6.45) is 0.544. The third-order valence-electron chi connectivity index (χ3n) is 2.79. The summed E-state index contributed by atoms with van der Waals surface area (Å²) < 4.78 is 5.31. The van der Waals surface area contributed by atoms with Gasteiger partial charge in [0.25, 0.3) is 0 Å². The second-order valence-electron chi connectivity index (χ2n) is 4.76. The second kappa shape index (κ2) is 5.78. The lowest BCUT2D eigenvalue weighted by Crippen LogP contribution is -2.15. The number of hydrogen-bond donors (Lipinski definition) is 0. The van der Waals surface area contributed by atoms with Gasteiger partial charge in [-0.25, -0.2) is 0 Å². The number of carbonyl (C=O) groups is 1. The predicted octanol–water partition coefficient (Wildman–Crippen LogP) is 3.38. The minimum Gasteiger partial charge on any atom is -0.371 e. The number of ether oxygens (including phenoxy) is 1. The quantitative estimate of drug-likeness (QED) is 0.803. The molecule has 18 heavy (non-hydrogen) atoms. The van der Waals surface area contributed by atoms with E-state index in [1.807, 2.05) is 32.0 Å². The van der Waals surface area contributed by atoms with Crippen molar-refractivity contribution in [1.82, 2.24) is 0 Å². The molecule has 2 aromatic rings. The average Bonchev–Trinajstić information content (AvgIpc) is 2.36. The molecule has 2 aromatic carbocycles. The maximum atomic E-state index is 11.7. The summed E-state index contributed by atoms with van der Waals surface area (Å²) in [6, 6.07) is 14.3. The first kappa shape index (κ1) is 12.8. The van der Waals surface area contributed by atoms with Gasteiger partial charge in [-0.05, 0) is 30.2 Å². The monoisotopic (exact) mass is 242 g/mol. The third-order valence-corrected chi connectivity index (χ3v) is 2.79. The molecule has 0 atom stereocenters. The molecular formula is C16H18O2. The summed E-state index contributed by atoms with van der Waals surface area (Å²) in [7, 11) is 0. The zero-order valence-corrected chi connectivity index (χ0v) is 10.8. The van der Waals surface area contributed by atoms with Crippen LogP contribution >= 0.6 is 0 Å². The minimum atomic E-state index is 0.102. The van der Waals surface area contributed by atoms with Crippen LogP contribution in [-0.4, -0.2) is 18.5 Å². The molecule has 2 nitrogen and oxygen atoms in total. The van der Waals surface area contributed by atoms with Crippen molar-refractivity contribution in [2.45, 2.75) is 26.4 Å². The predicted molar refractivity (Wildman–Crippen MR) is 73.7 cm³/mol. The number of rotatable bonds is 5. The van der Waals surface area contributed by atoms with E-state index in [1.165, 1.54) is 10.8 Å². The maximum absolute atomic E-state index is 11.7. The normalized spacial score (nSPS) is 11.1. The molecule has 94 valence electrons. The van der Waals surface area contributed by atoms with Gasteiger partial charge < -0.3 is 4.74 Å². The Balaban J connectivity index is 2.05. The molecular weight excluding hydrogens is 224 g/mol. The van der Waals surface area contributed by atoms with Crippen LogP contribution in [0.2, 0.25) is 0 Å². The fourth-order valence-corrected chi connectivity index (χ4v) is 1.89. The average molecular weight is 242 g/mol. The molecule has 0 radical (unpaired) electrons. The van der Waals surface area contributed by atoms with Crippen LogP contribution in [0.25, 0.3) is 10.8 Å². The highest BCUT2D eigenvalue weighted by Gasteiger charge is 2.06. The first-order valence-electron chi connectivity index (χ1n) is 6.26. The Labute approximate surface area is 108 Å². The van der Waals surface area contributed by atoms with Gasteiger partial charge in [0.1, 0.15) is 6.61 Å². The van der Waals surface area contributed by atoms with Gasteiger partial charge in [0.05, 0.1) is 6.10 Å². The van der Waals surface area contributed by atoms with E-state index in [9.17, 15) is 4.79 Å².